The summed E-state index contributed by atoms with van der Waals surface area (Å²) < 4.78 is 33.3. The summed E-state index contributed by atoms with van der Waals surface area (Å²) in [6, 6.07) is 21.5. The number of carbonyl (C=O) groups is 2. The van der Waals surface area contributed by atoms with Gasteiger partial charge in [0, 0.05) is 41.2 Å². The van der Waals surface area contributed by atoms with E-state index in [0.29, 0.717) is 45.7 Å². The van der Waals surface area contributed by atoms with Gasteiger partial charge >= 0.3 is 0 Å². The number of nitrogens with two attached hydrogens (primary N) is 1. The average molecular weight is 639 g/mol. The second kappa shape index (κ2) is 13.4. The predicted molar refractivity (Wildman–Crippen MR) is 178 cm³/mol. The van der Waals surface area contributed by atoms with E-state index in [-0.39, 0.29) is 27.5 Å². The summed E-state index contributed by atoms with van der Waals surface area (Å²) in [4.78, 5) is 30.0. The first-order valence-corrected chi connectivity index (χ1v) is 16.0. The second-order valence-electron chi connectivity index (χ2n) is 10.9. The number of nitrogens with zero attached hydrogens (tertiary/aromatic N) is 1. The van der Waals surface area contributed by atoms with Crippen molar-refractivity contribution in [2.45, 2.75) is 36.5 Å². The number of primary amides is 1. The van der Waals surface area contributed by atoms with Crippen molar-refractivity contribution < 1.29 is 27.9 Å². The predicted octanol–water partition coefficient (Wildman–Crippen LogP) is 5.71. The fourth-order valence-electron chi connectivity index (χ4n) is 5.21. The zero-order chi connectivity index (χ0) is 33.0. The molecule has 4 aromatic carbocycles. The summed E-state index contributed by atoms with van der Waals surface area (Å²) in [5.41, 5.74) is 10.4. The van der Waals surface area contributed by atoms with Gasteiger partial charge in [-0.25, -0.2) is 8.42 Å². The molecule has 5 aromatic rings. The highest BCUT2D eigenvalue weighted by Crippen LogP contribution is 2.35. The van der Waals surface area contributed by atoms with Crippen molar-refractivity contribution in [1.82, 2.24) is 4.98 Å². The van der Waals surface area contributed by atoms with Crippen LogP contribution in [0, 0.1) is 13.8 Å². The summed E-state index contributed by atoms with van der Waals surface area (Å²) in [6.07, 6.45) is 2.73. The molecule has 0 aliphatic carbocycles. The molecule has 0 radical (unpaired) electrons. The maximum absolute atomic E-state index is 14.0. The number of hydrogen-bond acceptors (Lipinski definition) is 8. The molecule has 0 bridgehead atoms. The smallest absolute Gasteiger partial charge is 0.255 e. The molecule has 0 fully saturated rings. The fraction of sp³-hybridized carbons (Fsp3) is 0.171. The van der Waals surface area contributed by atoms with E-state index < -0.39 is 21.7 Å². The van der Waals surface area contributed by atoms with E-state index in [9.17, 15) is 18.0 Å². The number of aliphatic hydroxyl groups excluding tert-OH is 1. The molecular formula is C35H34N4O6S. The summed E-state index contributed by atoms with van der Waals surface area (Å²) in [7, 11) is -2.59. The highest BCUT2D eigenvalue weighted by atomic mass is 32.2. The van der Waals surface area contributed by atoms with Gasteiger partial charge in [-0.15, -0.1) is 0 Å². The Hall–Kier alpha value is -5.26. The van der Waals surface area contributed by atoms with Gasteiger partial charge in [0.1, 0.15) is 5.75 Å². The van der Waals surface area contributed by atoms with Crippen LogP contribution in [0.3, 0.4) is 0 Å². The Morgan fingerprint density at radius 2 is 1.72 bits per heavy atom. The Kier molecular flexibility index (Phi) is 9.36. The number of nitrogens with one attached hydrogen (secondary N) is 2. The number of pyridine rings is 1. The highest BCUT2D eigenvalue weighted by Gasteiger charge is 2.23. The van der Waals surface area contributed by atoms with Crippen LogP contribution in [0.4, 0.5) is 17.1 Å². The van der Waals surface area contributed by atoms with Gasteiger partial charge < -0.3 is 26.2 Å². The minimum absolute atomic E-state index is 0.0403. The molecule has 0 saturated carbocycles. The molecule has 11 heteroatoms. The minimum atomic E-state index is -4.13. The van der Waals surface area contributed by atoms with Crippen LogP contribution < -0.4 is 21.1 Å². The number of carbonyl (C=O) groups excluding carboxylic acids is 2. The molecule has 1 aromatic heterocycles. The van der Waals surface area contributed by atoms with Crippen molar-refractivity contribution in [3.8, 4) is 5.75 Å². The second-order valence-corrected chi connectivity index (χ2v) is 12.8. The highest BCUT2D eigenvalue weighted by molar-refractivity contribution is 7.91. The number of rotatable bonds is 11. The van der Waals surface area contributed by atoms with Crippen LogP contribution in [-0.4, -0.2) is 44.0 Å². The number of amides is 2. The number of aromatic nitrogens is 1. The molecule has 0 unspecified atom stereocenters. The lowest BCUT2D eigenvalue weighted by Crippen LogP contribution is -2.15. The lowest BCUT2D eigenvalue weighted by molar-refractivity contribution is 0.0998. The maximum Gasteiger partial charge on any atom is 0.255 e. The zero-order valence-electron chi connectivity index (χ0n) is 25.6. The number of anilines is 3. The third-order valence-electron chi connectivity index (χ3n) is 7.62. The summed E-state index contributed by atoms with van der Waals surface area (Å²) in [6.45, 7) is 3.70. The van der Waals surface area contributed by atoms with Gasteiger partial charge in [0.15, 0.2) is 0 Å². The van der Waals surface area contributed by atoms with E-state index in [2.05, 4.69) is 15.6 Å². The Labute approximate surface area is 267 Å². The molecule has 2 amide bonds. The molecule has 46 heavy (non-hydrogen) atoms. The number of ether oxygens (including phenoxy) is 1. The third kappa shape index (κ3) is 6.70. The standard InChI is InChI=1S/C35H34N4O6S/c1-21-15-23(7-6-14-40)12-13-31(21)39-35(42)24-8-4-11-27(17-24)46(43,44)28-16-22(2)32-29(19-28)33(30(20-37-32)34(36)41)38-25-9-5-10-26(18-25)45-3/h4-5,8-13,15-20,40H,6-7,14H2,1-3H3,(H2,36,41)(H,37,38)(H,39,42). The average Bonchev–Trinajstić information content (AvgIpc) is 3.05. The Balaban J connectivity index is 1.52. The molecule has 0 spiro atoms. The SMILES string of the molecule is COc1cccc(Nc2c(C(N)=O)cnc3c(C)cc(S(=O)(=O)c4cccc(C(=O)Nc5ccc(CCCO)cc5C)c4)cc23)c1. The largest absolute Gasteiger partial charge is 0.497 e. The van der Waals surface area contributed by atoms with Gasteiger partial charge in [0.2, 0.25) is 9.84 Å². The van der Waals surface area contributed by atoms with Crippen LogP contribution in [0.15, 0.2) is 94.9 Å². The number of fused-ring (bicyclic) bond motifs is 1. The third-order valence-corrected chi connectivity index (χ3v) is 9.35. The quantitative estimate of drug-likeness (QED) is 0.143. The zero-order valence-corrected chi connectivity index (χ0v) is 26.4. The molecule has 0 aliphatic rings. The van der Waals surface area contributed by atoms with Gasteiger partial charge in [-0.3, -0.25) is 14.6 Å². The van der Waals surface area contributed by atoms with E-state index in [4.69, 9.17) is 15.6 Å². The van der Waals surface area contributed by atoms with Crippen LogP contribution in [0.2, 0.25) is 0 Å². The van der Waals surface area contributed by atoms with Gasteiger partial charge in [0.25, 0.3) is 11.8 Å². The summed E-state index contributed by atoms with van der Waals surface area (Å²) in [5, 5.41) is 15.5. The first kappa shape index (κ1) is 32.1. The van der Waals surface area contributed by atoms with E-state index in [1.165, 1.54) is 43.6 Å². The van der Waals surface area contributed by atoms with Crippen molar-refractivity contribution in [3.05, 3.63) is 113 Å². The first-order chi connectivity index (χ1) is 22.0. The van der Waals surface area contributed by atoms with Crippen molar-refractivity contribution >= 4 is 49.6 Å². The van der Waals surface area contributed by atoms with E-state index in [0.717, 1.165) is 17.5 Å². The first-order valence-electron chi connectivity index (χ1n) is 14.5. The molecular weight excluding hydrogens is 604 g/mol. The summed E-state index contributed by atoms with van der Waals surface area (Å²) >= 11 is 0. The molecule has 1 heterocycles. The molecule has 0 saturated heterocycles. The van der Waals surface area contributed by atoms with Crippen molar-refractivity contribution in [2.24, 2.45) is 5.73 Å². The molecule has 5 N–H and O–H groups in total. The molecule has 236 valence electrons. The minimum Gasteiger partial charge on any atom is -0.497 e. The van der Waals surface area contributed by atoms with Crippen molar-refractivity contribution in [3.63, 3.8) is 0 Å². The number of hydrogen-bond donors (Lipinski definition) is 4. The lowest BCUT2D eigenvalue weighted by Gasteiger charge is -2.16. The van der Waals surface area contributed by atoms with Crippen LogP contribution in [0.5, 0.6) is 5.75 Å². The molecule has 5 rings (SSSR count). The fourth-order valence-corrected chi connectivity index (χ4v) is 6.63. The van der Waals surface area contributed by atoms with Gasteiger partial charge in [0.05, 0.1) is 33.7 Å². The topological polar surface area (TPSA) is 161 Å². The van der Waals surface area contributed by atoms with E-state index in [1.807, 2.05) is 19.1 Å². The lowest BCUT2D eigenvalue weighted by atomic mass is 10.1. The Bertz CT molecular complexity index is 2080. The van der Waals surface area contributed by atoms with Crippen LogP contribution in [-0.2, 0) is 16.3 Å². The van der Waals surface area contributed by atoms with E-state index >= 15 is 0 Å². The number of aliphatic hydroxyl groups is 1. The van der Waals surface area contributed by atoms with Gasteiger partial charge in [-0.2, -0.15) is 0 Å². The van der Waals surface area contributed by atoms with Crippen LogP contribution in [0.1, 0.15) is 43.8 Å². The van der Waals surface area contributed by atoms with Crippen molar-refractivity contribution in [1.29, 1.82) is 0 Å². The number of aryl methyl sites for hydroxylation is 3. The normalized spacial score (nSPS) is 11.3. The number of benzene rings is 4. The Morgan fingerprint density at radius 3 is 2.43 bits per heavy atom. The van der Waals surface area contributed by atoms with Crippen LogP contribution in [0.25, 0.3) is 10.9 Å². The molecule has 10 nitrogen and oxygen atoms in total. The molecule has 0 aliphatic heterocycles. The molecule has 0 atom stereocenters. The van der Waals surface area contributed by atoms with Crippen molar-refractivity contribution in [2.75, 3.05) is 24.4 Å². The van der Waals surface area contributed by atoms with E-state index in [1.54, 1.807) is 43.3 Å². The number of sulfone groups is 1. The van der Waals surface area contributed by atoms with Gasteiger partial charge in [-0.05, 0) is 91.9 Å². The monoisotopic (exact) mass is 638 g/mol. The number of methoxy groups -OCH3 is 1. The van der Waals surface area contributed by atoms with Gasteiger partial charge in [-0.1, -0.05) is 24.3 Å². The maximum atomic E-state index is 14.0. The summed E-state index contributed by atoms with van der Waals surface area (Å²) in [5.74, 6) is -0.616. The Morgan fingerprint density at radius 1 is 0.935 bits per heavy atom. The van der Waals surface area contributed by atoms with Crippen LogP contribution >= 0.6 is 0 Å².